The molecule has 0 aliphatic heterocycles. The summed E-state index contributed by atoms with van der Waals surface area (Å²) in [6, 6.07) is 19.1. The second kappa shape index (κ2) is 6.91. The molecule has 0 heterocycles. The van der Waals surface area contributed by atoms with Crippen molar-refractivity contribution < 1.29 is 4.57 Å². The Bertz CT molecular complexity index is 682. The summed E-state index contributed by atoms with van der Waals surface area (Å²) >= 11 is 0. The van der Waals surface area contributed by atoms with Crippen molar-refractivity contribution in [2.45, 2.75) is 0 Å². The first-order valence-electron chi connectivity index (χ1n) is 7.11. The molecule has 2 aromatic rings. The highest BCUT2D eigenvalue weighted by Gasteiger charge is 2.35. The Balaban J connectivity index is 2.62. The smallest absolute Gasteiger partial charge is 0.240 e. The topological polar surface area (TPSA) is 35.9 Å². The summed E-state index contributed by atoms with van der Waals surface area (Å²) in [5.41, 5.74) is 1.36. The molecule has 22 heavy (non-hydrogen) atoms. The van der Waals surface area contributed by atoms with Crippen molar-refractivity contribution in [3.8, 4) is 0 Å². The van der Waals surface area contributed by atoms with Crippen LogP contribution in [0.4, 0.5) is 5.69 Å². The lowest BCUT2D eigenvalue weighted by Crippen LogP contribution is -2.32. The molecule has 0 amide bonds. The quantitative estimate of drug-likeness (QED) is 0.493. The number of hydrogen-bond donors (Lipinski definition) is 0. The molecular formula is C17H22N3OP. The van der Waals surface area contributed by atoms with Gasteiger partial charge in [-0.25, -0.2) is 4.99 Å². The van der Waals surface area contributed by atoms with Crippen molar-refractivity contribution in [1.29, 1.82) is 0 Å². The van der Waals surface area contributed by atoms with Crippen LogP contribution < -0.4 is 5.30 Å². The fourth-order valence-corrected chi connectivity index (χ4v) is 4.63. The van der Waals surface area contributed by atoms with Crippen molar-refractivity contribution >= 4 is 23.9 Å². The van der Waals surface area contributed by atoms with Crippen LogP contribution in [0.5, 0.6) is 0 Å². The Hall–Kier alpha value is -1.90. The lowest BCUT2D eigenvalue weighted by atomic mass is 10.3. The van der Waals surface area contributed by atoms with E-state index in [1.54, 1.807) is 4.67 Å². The average Bonchev–Trinajstić information content (AvgIpc) is 2.53. The SMILES string of the molecule is CN(C)C(=Nc1ccccc1)[P@](=O)(c1ccccc1)N(C)C. The van der Waals surface area contributed by atoms with Gasteiger partial charge in [-0.1, -0.05) is 36.4 Å². The van der Waals surface area contributed by atoms with Crippen LogP contribution in [-0.4, -0.2) is 43.3 Å². The Morgan fingerprint density at radius 3 is 1.82 bits per heavy atom. The minimum atomic E-state index is -2.97. The molecule has 0 aromatic heterocycles. The second-order valence-corrected chi connectivity index (χ2v) is 8.27. The Morgan fingerprint density at radius 1 is 0.864 bits per heavy atom. The molecule has 0 fully saturated rings. The van der Waals surface area contributed by atoms with E-state index in [0.29, 0.717) is 5.58 Å². The summed E-state index contributed by atoms with van der Waals surface area (Å²) in [4.78, 5) is 6.50. The van der Waals surface area contributed by atoms with Crippen LogP contribution in [0.15, 0.2) is 65.7 Å². The largest absolute Gasteiger partial charge is 0.359 e. The van der Waals surface area contributed by atoms with Gasteiger partial charge in [-0.05, 0) is 38.4 Å². The van der Waals surface area contributed by atoms with Gasteiger partial charge >= 0.3 is 0 Å². The summed E-state index contributed by atoms with van der Waals surface area (Å²) in [6.45, 7) is 0. The van der Waals surface area contributed by atoms with E-state index < -0.39 is 7.29 Å². The zero-order chi connectivity index (χ0) is 16.2. The van der Waals surface area contributed by atoms with Crippen LogP contribution in [0.25, 0.3) is 0 Å². The van der Waals surface area contributed by atoms with Gasteiger partial charge in [-0.2, -0.15) is 0 Å². The van der Waals surface area contributed by atoms with Crippen LogP contribution >= 0.6 is 7.29 Å². The first-order valence-corrected chi connectivity index (χ1v) is 8.77. The molecule has 0 aliphatic rings. The molecule has 0 radical (unpaired) electrons. The summed E-state index contributed by atoms with van der Waals surface area (Å²) in [5.74, 6) is 0. The van der Waals surface area contributed by atoms with E-state index in [1.165, 1.54) is 0 Å². The highest BCUT2D eigenvalue weighted by atomic mass is 31.2. The fraction of sp³-hybridized carbons (Fsp3) is 0.235. The van der Waals surface area contributed by atoms with E-state index >= 15 is 0 Å². The van der Waals surface area contributed by atoms with Gasteiger partial charge in [-0.15, -0.1) is 0 Å². The Labute approximate surface area is 132 Å². The molecule has 0 N–H and O–H groups in total. The molecule has 116 valence electrons. The van der Waals surface area contributed by atoms with Crippen molar-refractivity contribution in [2.24, 2.45) is 4.99 Å². The monoisotopic (exact) mass is 315 g/mol. The molecule has 5 heteroatoms. The van der Waals surface area contributed by atoms with Gasteiger partial charge in [0.15, 0.2) is 5.58 Å². The third-order valence-corrected chi connectivity index (χ3v) is 6.49. The zero-order valence-corrected chi connectivity index (χ0v) is 14.4. The minimum Gasteiger partial charge on any atom is -0.359 e. The lowest BCUT2D eigenvalue weighted by Gasteiger charge is -2.30. The number of nitrogens with zero attached hydrogens (tertiary/aromatic N) is 3. The fourth-order valence-electron chi connectivity index (χ4n) is 2.21. The first-order chi connectivity index (χ1) is 10.5. The molecule has 0 bridgehead atoms. The van der Waals surface area contributed by atoms with Crippen LogP contribution in [0.2, 0.25) is 0 Å². The van der Waals surface area contributed by atoms with Crippen molar-refractivity contribution in [1.82, 2.24) is 9.57 Å². The number of amidine groups is 1. The van der Waals surface area contributed by atoms with Crippen molar-refractivity contribution in [3.05, 3.63) is 60.7 Å². The molecule has 2 aromatic carbocycles. The standard InChI is InChI=1S/C17H22N3OP/c1-19(2)17(18-15-11-7-5-8-12-15)22(21,20(3)4)16-13-9-6-10-14-16/h5-14H,1-4H3/t22-/m1/s1. The molecule has 1 atom stereocenters. The van der Waals surface area contributed by atoms with Gasteiger partial charge in [-0.3, -0.25) is 9.24 Å². The van der Waals surface area contributed by atoms with Gasteiger partial charge in [0.1, 0.15) is 0 Å². The van der Waals surface area contributed by atoms with Gasteiger partial charge < -0.3 is 4.90 Å². The molecule has 2 rings (SSSR count). The maximum absolute atomic E-state index is 13.8. The highest BCUT2D eigenvalue weighted by molar-refractivity contribution is 7.85. The van der Waals surface area contributed by atoms with Gasteiger partial charge in [0, 0.05) is 19.4 Å². The number of rotatable bonds is 4. The van der Waals surface area contributed by atoms with E-state index in [1.807, 2.05) is 93.8 Å². The number of aliphatic imine (C=N–C) groups is 1. The van der Waals surface area contributed by atoms with Crippen LogP contribution in [0.3, 0.4) is 0 Å². The normalized spacial score (nSPS) is 14.7. The Kier molecular flexibility index (Phi) is 5.17. The lowest BCUT2D eigenvalue weighted by molar-refractivity contribution is 0.525. The van der Waals surface area contributed by atoms with E-state index in [0.717, 1.165) is 11.0 Å². The summed E-state index contributed by atoms with van der Waals surface area (Å²) in [6.07, 6.45) is 0. The molecule has 0 saturated carbocycles. The van der Waals surface area contributed by atoms with Gasteiger partial charge in [0.25, 0.3) is 0 Å². The number of hydrogen-bond acceptors (Lipinski definition) is 2. The third-order valence-electron chi connectivity index (χ3n) is 3.33. The van der Waals surface area contributed by atoms with E-state index in [2.05, 4.69) is 4.99 Å². The summed E-state index contributed by atoms with van der Waals surface area (Å²) in [5, 5.41) is 0.781. The summed E-state index contributed by atoms with van der Waals surface area (Å²) in [7, 11) is 4.45. The maximum atomic E-state index is 13.8. The second-order valence-electron chi connectivity index (χ2n) is 5.40. The van der Waals surface area contributed by atoms with Crippen molar-refractivity contribution in [2.75, 3.05) is 28.2 Å². The van der Waals surface area contributed by atoms with Crippen LogP contribution in [0.1, 0.15) is 0 Å². The summed E-state index contributed by atoms with van der Waals surface area (Å²) < 4.78 is 15.6. The van der Waals surface area contributed by atoms with Gasteiger partial charge in [0.05, 0.1) is 5.69 Å². The van der Waals surface area contributed by atoms with E-state index in [9.17, 15) is 4.57 Å². The Morgan fingerprint density at radius 2 is 1.36 bits per heavy atom. The highest BCUT2D eigenvalue weighted by Crippen LogP contribution is 2.49. The molecule has 0 spiro atoms. The minimum absolute atomic E-state index is 0.565. The van der Waals surface area contributed by atoms with E-state index in [-0.39, 0.29) is 0 Å². The maximum Gasteiger partial charge on any atom is 0.240 e. The van der Waals surface area contributed by atoms with Gasteiger partial charge in [0.2, 0.25) is 7.29 Å². The number of benzene rings is 2. The third kappa shape index (κ3) is 3.29. The first kappa shape index (κ1) is 16.5. The number of para-hydroxylation sites is 1. The predicted molar refractivity (Wildman–Crippen MR) is 94.6 cm³/mol. The average molecular weight is 315 g/mol. The molecule has 0 saturated heterocycles. The van der Waals surface area contributed by atoms with Crippen LogP contribution in [0, 0.1) is 0 Å². The van der Waals surface area contributed by atoms with Crippen molar-refractivity contribution in [3.63, 3.8) is 0 Å². The molecular weight excluding hydrogens is 293 g/mol. The zero-order valence-electron chi connectivity index (χ0n) is 13.5. The molecule has 0 aliphatic carbocycles. The predicted octanol–water partition coefficient (Wildman–Crippen LogP) is 3.40. The van der Waals surface area contributed by atoms with E-state index in [4.69, 9.17) is 0 Å². The molecule has 4 nitrogen and oxygen atoms in total. The van der Waals surface area contributed by atoms with Crippen LogP contribution in [-0.2, 0) is 4.57 Å². The molecule has 0 unspecified atom stereocenters.